The lowest BCUT2D eigenvalue weighted by Crippen LogP contribution is -2.33. The molecule has 0 bridgehead atoms. The van der Waals surface area contributed by atoms with Gasteiger partial charge in [-0.1, -0.05) is 13.3 Å². The van der Waals surface area contributed by atoms with E-state index in [-0.39, 0.29) is 5.41 Å². The van der Waals surface area contributed by atoms with E-state index in [1.54, 1.807) is 0 Å². The highest BCUT2D eigenvalue weighted by Crippen LogP contribution is 2.57. The van der Waals surface area contributed by atoms with Crippen molar-refractivity contribution in [3.05, 3.63) is 0 Å². The Balaban J connectivity index is 2.17. The predicted octanol–water partition coefficient (Wildman–Crippen LogP) is 1.65. The van der Waals surface area contributed by atoms with Gasteiger partial charge in [0.1, 0.15) is 0 Å². The van der Waals surface area contributed by atoms with Gasteiger partial charge in [0.15, 0.2) is 0 Å². The van der Waals surface area contributed by atoms with E-state index >= 15 is 0 Å². The molecular formula is C10H17NO. The van der Waals surface area contributed by atoms with Crippen LogP contribution in [0.3, 0.4) is 0 Å². The minimum atomic E-state index is 0.0885. The topological polar surface area (TPSA) is 20.3 Å². The second kappa shape index (κ2) is 2.48. The summed E-state index contributed by atoms with van der Waals surface area (Å²) in [7, 11) is 1.94. The minimum Gasteiger partial charge on any atom is -0.345 e. The Labute approximate surface area is 73.9 Å². The summed E-state index contributed by atoms with van der Waals surface area (Å²) in [5.74, 6) is 1.05. The molecule has 1 amide bonds. The van der Waals surface area contributed by atoms with Gasteiger partial charge >= 0.3 is 0 Å². The summed E-state index contributed by atoms with van der Waals surface area (Å²) in [6.45, 7) is 3.17. The Morgan fingerprint density at radius 1 is 1.50 bits per heavy atom. The molecule has 12 heavy (non-hydrogen) atoms. The molecule has 1 aliphatic heterocycles. The van der Waals surface area contributed by atoms with E-state index in [4.69, 9.17) is 0 Å². The third-order valence-electron chi connectivity index (χ3n) is 3.59. The first-order chi connectivity index (χ1) is 5.67. The molecule has 2 rings (SSSR count). The largest absolute Gasteiger partial charge is 0.345 e. The molecule has 2 nitrogen and oxygen atoms in total. The van der Waals surface area contributed by atoms with Crippen molar-refractivity contribution < 1.29 is 4.79 Å². The quantitative estimate of drug-likeness (QED) is 0.537. The average Bonchev–Trinajstić information content (AvgIpc) is 2.71. The first-order valence-electron chi connectivity index (χ1n) is 4.92. The van der Waals surface area contributed by atoms with E-state index in [1.165, 1.54) is 12.8 Å². The number of hydrogen-bond acceptors (Lipinski definition) is 1. The molecule has 1 aliphatic carbocycles. The maximum Gasteiger partial charge on any atom is 0.228 e. The molecule has 1 saturated carbocycles. The monoisotopic (exact) mass is 167 g/mol. The standard InChI is InChI=1S/C10H17NO/c1-8-7-10(8)5-3-4-6-11(2)9(10)12/h8H,3-7H2,1-2H3. The first-order valence-corrected chi connectivity index (χ1v) is 4.92. The number of amides is 1. The van der Waals surface area contributed by atoms with Crippen molar-refractivity contribution in [1.29, 1.82) is 0 Å². The molecule has 68 valence electrons. The van der Waals surface area contributed by atoms with Crippen LogP contribution in [0.5, 0.6) is 0 Å². The Morgan fingerprint density at radius 2 is 2.17 bits per heavy atom. The van der Waals surface area contributed by atoms with Gasteiger partial charge in [0, 0.05) is 13.6 Å². The maximum absolute atomic E-state index is 11.9. The zero-order valence-electron chi connectivity index (χ0n) is 7.97. The van der Waals surface area contributed by atoms with Crippen LogP contribution in [0.25, 0.3) is 0 Å². The minimum absolute atomic E-state index is 0.0885. The van der Waals surface area contributed by atoms with Gasteiger partial charge in [-0.2, -0.15) is 0 Å². The zero-order valence-corrected chi connectivity index (χ0v) is 7.97. The van der Waals surface area contributed by atoms with Gasteiger partial charge in [-0.25, -0.2) is 0 Å². The second-order valence-electron chi connectivity index (χ2n) is 4.45. The van der Waals surface area contributed by atoms with Crippen LogP contribution in [0, 0.1) is 11.3 Å². The molecule has 0 aromatic heterocycles. The van der Waals surface area contributed by atoms with Gasteiger partial charge in [-0.05, 0) is 25.2 Å². The Hall–Kier alpha value is -0.530. The van der Waals surface area contributed by atoms with Crippen LogP contribution >= 0.6 is 0 Å². The molecule has 2 fully saturated rings. The van der Waals surface area contributed by atoms with Gasteiger partial charge in [0.25, 0.3) is 0 Å². The van der Waals surface area contributed by atoms with Crippen molar-refractivity contribution in [3.63, 3.8) is 0 Å². The lowest BCUT2D eigenvalue weighted by atomic mass is 9.97. The predicted molar refractivity (Wildman–Crippen MR) is 47.7 cm³/mol. The van der Waals surface area contributed by atoms with Crippen molar-refractivity contribution in [1.82, 2.24) is 4.90 Å². The van der Waals surface area contributed by atoms with E-state index in [9.17, 15) is 4.79 Å². The Bertz CT molecular complexity index is 214. The van der Waals surface area contributed by atoms with Gasteiger partial charge in [-0.3, -0.25) is 4.79 Å². The van der Waals surface area contributed by atoms with Crippen molar-refractivity contribution in [2.24, 2.45) is 11.3 Å². The highest BCUT2D eigenvalue weighted by molar-refractivity contribution is 5.86. The van der Waals surface area contributed by atoms with E-state index in [2.05, 4.69) is 6.92 Å². The van der Waals surface area contributed by atoms with Crippen molar-refractivity contribution >= 4 is 5.91 Å². The van der Waals surface area contributed by atoms with Crippen LogP contribution in [0.2, 0.25) is 0 Å². The molecule has 0 aromatic rings. The van der Waals surface area contributed by atoms with Crippen LogP contribution in [-0.4, -0.2) is 24.4 Å². The molecule has 0 radical (unpaired) electrons. The van der Waals surface area contributed by atoms with Crippen LogP contribution in [0.1, 0.15) is 32.6 Å². The van der Waals surface area contributed by atoms with E-state index in [1.807, 2.05) is 11.9 Å². The number of carbonyl (C=O) groups excluding carboxylic acids is 1. The smallest absolute Gasteiger partial charge is 0.228 e. The lowest BCUT2D eigenvalue weighted by Gasteiger charge is -2.19. The van der Waals surface area contributed by atoms with E-state index in [0.29, 0.717) is 11.8 Å². The van der Waals surface area contributed by atoms with Crippen LogP contribution in [-0.2, 0) is 4.79 Å². The molecule has 1 spiro atoms. The summed E-state index contributed by atoms with van der Waals surface area (Å²) >= 11 is 0. The molecule has 2 heteroatoms. The highest BCUT2D eigenvalue weighted by atomic mass is 16.2. The summed E-state index contributed by atoms with van der Waals surface area (Å²) in [6, 6.07) is 0. The van der Waals surface area contributed by atoms with Crippen molar-refractivity contribution in [2.45, 2.75) is 32.6 Å². The van der Waals surface area contributed by atoms with Gasteiger partial charge in [-0.15, -0.1) is 0 Å². The summed E-state index contributed by atoms with van der Waals surface area (Å²) in [5, 5.41) is 0. The molecule has 1 saturated heterocycles. The number of nitrogens with zero attached hydrogens (tertiary/aromatic N) is 1. The first kappa shape index (κ1) is 8.09. The summed E-state index contributed by atoms with van der Waals surface area (Å²) in [4.78, 5) is 13.8. The molecule has 1 heterocycles. The second-order valence-corrected chi connectivity index (χ2v) is 4.45. The van der Waals surface area contributed by atoms with Gasteiger partial charge in [0.05, 0.1) is 5.41 Å². The number of likely N-dealkylation sites (tertiary alicyclic amines) is 1. The Morgan fingerprint density at radius 3 is 2.75 bits per heavy atom. The fraction of sp³-hybridized carbons (Fsp3) is 0.900. The SMILES string of the molecule is CC1CC12CCCCN(C)C2=O. The number of hydrogen-bond donors (Lipinski definition) is 0. The lowest BCUT2D eigenvalue weighted by molar-refractivity contribution is -0.135. The van der Waals surface area contributed by atoms with Gasteiger partial charge in [0.2, 0.25) is 5.91 Å². The van der Waals surface area contributed by atoms with Crippen LogP contribution < -0.4 is 0 Å². The number of rotatable bonds is 0. The molecule has 2 unspecified atom stereocenters. The number of carbonyl (C=O) groups is 1. The molecular weight excluding hydrogens is 150 g/mol. The maximum atomic E-state index is 11.9. The third kappa shape index (κ3) is 0.970. The fourth-order valence-corrected chi connectivity index (χ4v) is 2.51. The average molecular weight is 167 g/mol. The molecule has 0 aromatic carbocycles. The van der Waals surface area contributed by atoms with Gasteiger partial charge < -0.3 is 4.90 Å². The fourth-order valence-electron chi connectivity index (χ4n) is 2.51. The van der Waals surface area contributed by atoms with Crippen molar-refractivity contribution in [3.8, 4) is 0 Å². The third-order valence-corrected chi connectivity index (χ3v) is 3.59. The summed E-state index contributed by atoms with van der Waals surface area (Å²) in [5.41, 5.74) is 0.0885. The van der Waals surface area contributed by atoms with Crippen LogP contribution in [0.4, 0.5) is 0 Å². The van der Waals surface area contributed by atoms with E-state index < -0.39 is 0 Å². The molecule has 2 atom stereocenters. The zero-order chi connectivity index (χ0) is 8.77. The highest BCUT2D eigenvalue weighted by Gasteiger charge is 2.57. The molecule has 0 N–H and O–H groups in total. The normalized spacial score (nSPS) is 41.7. The van der Waals surface area contributed by atoms with E-state index in [0.717, 1.165) is 19.4 Å². The summed E-state index contributed by atoms with van der Waals surface area (Å²) < 4.78 is 0. The Kier molecular flexibility index (Phi) is 1.67. The van der Waals surface area contributed by atoms with Crippen LogP contribution in [0.15, 0.2) is 0 Å². The molecule has 2 aliphatic rings. The summed E-state index contributed by atoms with van der Waals surface area (Å²) in [6.07, 6.45) is 4.70. The van der Waals surface area contributed by atoms with Crippen molar-refractivity contribution in [2.75, 3.05) is 13.6 Å².